The van der Waals surface area contributed by atoms with Gasteiger partial charge in [0.2, 0.25) is 11.8 Å². The number of aryl methyl sites for hydroxylation is 2. The molecule has 30 heavy (non-hydrogen) atoms. The van der Waals surface area contributed by atoms with Gasteiger partial charge in [-0.15, -0.1) is 11.3 Å². The molecule has 2 nitrogen and oxygen atoms in total. The zero-order chi connectivity index (χ0) is 21.5. The van der Waals surface area contributed by atoms with E-state index in [4.69, 9.17) is 0 Å². The van der Waals surface area contributed by atoms with Crippen LogP contribution in [-0.2, 0) is 6.42 Å². The van der Waals surface area contributed by atoms with Crippen molar-refractivity contribution in [3.8, 4) is 0 Å². The van der Waals surface area contributed by atoms with E-state index in [9.17, 15) is 17.6 Å². The maximum Gasteiger partial charge on any atom is 0.248 e. The van der Waals surface area contributed by atoms with Crippen LogP contribution >= 0.6 is 11.3 Å². The molecule has 2 heterocycles. The maximum atomic E-state index is 13.8. The highest BCUT2D eigenvalue weighted by Gasteiger charge is 2.37. The summed E-state index contributed by atoms with van der Waals surface area (Å²) in [4.78, 5) is 11.3. The van der Waals surface area contributed by atoms with Crippen LogP contribution in [0.5, 0.6) is 0 Å². The van der Waals surface area contributed by atoms with E-state index in [0.29, 0.717) is 37.4 Å². The Labute approximate surface area is 179 Å². The van der Waals surface area contributed by atoms with Crippen molar-refractivity contribution in [2.45, 2.75) is 95.8 Å². The normalized spacial score (nSPS) is 27.3. The molecule has 2 aromatic rings. The first-order valence-electron chi connectivity index (χ1n) is 11.1. The summed E-state index contributed by atoms with van der Waals surface area (Å²) in [5.41, 5.74) is 0.976. The molecule has 0 aromatic carbocycles. The van der Waals surface area contributed by atoms with Crippen molar-refractivity contribution in [1.29, 1.82) is 0 Å². The van der Waals surface area contributed by atoms with Gasteiger partial charge >= 0.3 is 0 Å². The van der Waals surface area contributed by atoms with Crippen LogP contribution in [0, 0.1) is 18.8 Å². The number of halogens is 4. The van der Waals surface area contributed by atoms with Crippen LogP contribution in [0.25, 0.3) is 10.2 Å². The number of aromatic nitrogens is 2. The van der Waals surface area contributed by atoms with E-state index in [2.05, 4.69) is 23.0 Å². The lowest BCUT2D eigenvalue weighted by molar-refractivity contribution is -0.0380. The highest BCUT2D eigenvalue weighted by atomic mass is 32.1. The predicted molar refractivity (Wildman–Crippen MR) is 113 cm³/mol. The Morgan fingerprint density at radius 1 is 0.967 bits per heavy atom. The summed E-state index contributed by atoms with van der Waals surface area (Å²) >= 11 is 1.60. The summed E-state index contributed by atoms with van der Waals surface area (Å²) in [5.74, 6) is -3.61. The third kappa shape index (κ3) is 4.97. The van der Waals surface area contributed by atoms with Crippen molar-refractivity contribution in [3.63, 3.8) is 0 Å². The first-order valence-corrected chi connectivity index (χ1v) is 12.0. The molecule has 2 aromatic heterocycles. The highest BCUT2D eigenvalue weighted by molar-refractivity contribution is 7.18. The number of fused-ring (bicyclic) bond motifs is 1. The lowest BCUT2D eigenvalue weighted by atomic mass is 9.85. The fraction of sp³-hybridized carbons (Fsp3) is 0.739. The molecule has 0 bridgehead atoms. The molecular formula is C23H30F4N2S. The van der Waals surface area contributed by atoms with Crippen LogP contribution in [0.15, 0.2) is 6.07 Å². The van der Waals surface area contributed by atoms with E-state index in [0.717, 1.165) is 33.6 Å². The summed E-state index contributed by atoms with van der Waals surface area (Å²) in [6.45, 7) is 3.97. The van der Waals surface area contributed by atoms with E-state index in [1.54, 1.807) is 11.3 Å². The molecular weight excluding hydrogens is 412 g/mol. The topological polar surface area (TPSA) is 25.8 Å². The van der Waals surface area contributed by atoms with E-state index < -0.39 is 11.8 Å². The Morgan fingerprint density at radius 3 is 2.30 bits per heavy atom. The van der Waals surface area contributed by atoms with Crippen molar-refractivity contribution in [2.75, 3.05) is 0 Å². The van der Waals surface area contributed by atoms with Gasteiger partial charge in [-0.1, -0.05) is 6.92 Å². The predicted octanol–water partition coefficient (Wildman–Crippen LogP) is 7.69. The standard InChI is InChI=1S/C23H30F4N2S/c1-14-5-9-22(24,25)10-6-16(14)3-4-19-18-13-20(30-21(18)29-15(2)28-19)17-7-11-23(26,27)12-8-17/h13-14,16-17H,3-12H2,1-2H3/t14?,16-/m0/s1. The first kappa shape index (κ1) is 22.0. The van der Waals surface area contributed by atoms with Gasteiger partial charge in [0.25, 0.3) is 0 Å². The van der Waals surface area contributed by atoms with Crippen LogP contribution in [0.4, 0.5) is 17.6 Å². The molecule has 2 aliphatic carbocycles. The van der Waals surface area contributed by atoms with Crippen molar-refractivity contribution in [2.24, 2.45) is 11.8 Å². The molecule has 0 spiro atoms. The average molecular weight is 443 g/mol. The van der Waals surface area contributed by atoms with Gasteiger partial charge < -0.3 is 0 Å². The van der Waals surface area contributed by atoms with Gasteiger partial charge in [-0.25, -0.2) is 27.5 Å². The van der Waals surface area contributed by atoms with E-state index in [1.807, 2.05) is 6.92 Å². The molecule has 2 fully saturated rings. The van der Waals surface area contributed by atoms with Gasteiger partial charge in [-0.3, -0.25) is 0 Å². The van der Waals surface area contributed by atoms with E-state index in [-0.39, 0.29) is 37.5 Å². The first-order chi connectivity index (χ1) is 14.1. The van der Waals surface area contributed by atoms with Gasteiger partial charge in [-0.05, 0) is 69.3 Å². The molecule has 7 heteroatoms. The van der Waals surface area contributed by atoms with Crippen LogP contribution in [-0.4, -0.2) is 21.8 Å². The van der Waals surface area contributed by atoms with E-state index >= 15 is 0 Å². The molecule has 0 N–H and O–H groups in total. The SMILES string of the molecule is Cc1nc(CC[C@H]2CCC(F)(F)CCC2C)c2cc(C3CCC(F)(F)CC3)sc2n1. The molecule has 0 radical (unpaired) electrons. The summed E-state index contributed by atoms with van der Waals surface area (Å²) in [6.07, 6.45) is 3.64. The van der Waals surface area contributed by atoms with E-state index in [1.165, 1.54) is 0 Å². The Kier molecular flexibility index (Phi) is 6.12. The lowest BCUT2D eigenvalue weighted by Gasteiger charge is -2.27. The van der Waals surface area contributed by atoms with Crippen LogP contribution in [0.3, 0.4) is 0 Å². The lowest BCUT2D eigenvalue weighted by Crippen LogP contribution is -2.23. The van der Waals surface area contributed by atoms with Gasteiger partial charge in [0.1, 0.15) is 10.7 Å². The molecule has 2 saturated carbocycles. The summed E-state index contributed by atoms with van der Waals surface area (Å²) < 4.78 is 54.7. The number of hydrogen-bond acceptors (Lipinski definition) is 3. The molecule has 0 aliphatic heterocycles. The summed E-state index contributed by atoms with van der Waals surface area (Å²) in [6, 6.07) is 2.10. The van der Waals surface area contributed by atoms with Crippen LogP contribution in [0.2, 0.25) is 0 Å². The number of alkyl halides is 4. The monoisotopic (exact) mass is 442 g/mol. The average Bonchev–Trinajstić information content (AvgIpc) is 3.04. The van der Waals surface area contributed by atoms with Crippen molar-refractivity contribution in [3.05, 3.63) is 22.5 Å². The van der Waals surface area contributed by atoms with Crippen molar-refractivity contribution in [1.82, 2.24) is 9.97 Å². The zero-order valence-corrected chi connectivity index (χ0v) is 18.5. The molecule has 0 saturated heterocycles. The highest BCUT2D eigenvalue weighted by Crippen LogP contribution is 2.44. The molecule has 1 unspecified atom stereocenters. The minimum Gasteiger partial charge on any atom is -0.238 e. The Morgan fingerprint density at radius 2 is 1.60 bits per heavy atom. The third-order valence-corrected chi connectivity index (χ3v) is 8.32. The molecule has 2 aliphatic rings. The summed E-state index contributed by atoms with van der Waals surface area (Å²) in [7, 11) is 0. The second kappa shape index (κ2) is 8.36. The second-order valence-corrected chi connectivity index (χ2v) is 10.5. The van der Waals surface area contributed by atoms with Crippen LogP contribution in [0.1, 0.15) is 87.0 Å². The minimum absolute atomic E-state index is 0.00412. The largest absolute Gasteiger partial charge is 0.248 e. The zero-order valence-electron chi connectivity index (χ0n) is 17.7. The van der Waals surface area contributed by atoms with Gasteiger partial charge in [0, 0.05) is 35.9 Å². The molecule has 2 atom stereocenters. The smallest absolute Gasteiger partial charge is 0.238 e. The van der Waals surface area contributed by atoms with Gasteiger partial charge in [0.05, 0.1) is 5.69 Å². The second-order valence-electron chi connectivity index (χ2n) is 9.42. The fourth-order valence-corrected chi connectivity index (χ4v) is 6.33. The quantitative estimate of drug-likeness (QED) is 0.358. The summed E-state index contributed by atoms with van der Waals surface area (Å²) in [5, 5.41) is 1.02. The number of nitrogens with zero attached hydrogens (tertiary/aromatic N) is 2. The Balaban J connectivity index is 1.50. The molecule has 166 valence electrons. The number of thiophene rings is 1. The minimum atomic E-state index is -2.53. The molecule has 4 rings (SSSR count). The number of hydrogen-bond donors (Lipinski definition) is 0. The Hall–Kier alpha value is -1.24. The fourth-order valence-electron chi connectivity index (χ4n) is 5.07. The van der Waals surface area contributed by atoms with Crippen molar-refractivity contribution >= 4 is 21.6 Å². The van der Waals surface area contributed by atoms with Gasteiger partial charge in [-0.2, -0.15) is 0 Å². The van der Waals surface area contributed by atoms with Crippen molar-refractivity contribution < 1.29 is 17.6 Å². The molecule has 0 amide bonds. The third-order valence-electron chi connectivity index (χ3n) is 7.13. The number of rotatable bonds is 4. The van der Waals surface area contributed by atoms with Gasteiger partial charge in [0.15, 0.2) is 0 Å². The van der Waals surface area contributed by atoms with Crippen LogP contribution < -0.4 is 0 Å². The maximum absolute atomic E-state index is 13.8. The Bertz CT molecular complexity index is 885.